The summed E-state index contributed by atoms with van der Waals surface area (Å²) in [7, 11) is 0. The molecule has 0 aromatic rings. The Bertz CT molecular complexity index is 63.8. The summed E-state index contributed by atoms with van der Waals surface area (Å²) in [6.45, 7) is 10.5. The fourth-order valence-corrected chi connectivity index (χ4v) is 0.285. The van der Waals surface area contributed by atoms with Gasteiger partial charge in [-0.25, -0.2) is 0 Å². The Labute approximate surface area is 57.2 Å². The SMILES string of the molecule is [CH2]C(C)(C)OCOCC. The Balaban J connectivity index is 3.07. The molecule has 0 saturated heterocycles. The minimum absolute atomic E-state index is 0.324. The molecule has 9 heavy (non-hydrogen) atoms. The molecule has 0 atom stereocenters. The van der Waals surface area contributed by atoms with E-state index < -0.39 is 0 Å². The predicted octanol–water partition coefficient (Wildman–Crippen LogP) is 1.61. The van der Waals surface area contributed by atoms with Crippen molar-refractivity contribution in [3.63, 3.8) is 0 Å². The van der Waals surface area contributed by atoms with Gasteiger partial charge in [-0.3, -0.25) is 0 Å². The lowest BCUT2D eigenvalue weighted by Gasteiger charge is -2.18. The van der Waals surface area contributed by atoms with Crippen molar-refractivity contribution in [3.05, 3.63) is 6.92 Å². The van der Waals surface area contributed by atoms with E-state index in [-0.39, 0.29) is 5.60 Å². The molecule has 0 saturated carbocycles. The molecule has 2 heteroatoms. The van der Waals surface area contributed by atoms with Crippen LogP contribution in [0.2, 0.25) is 0 Å². The van der Waals surface area contributed by atoms with Gasteiger partial charge in [-0.1, -0.05) is 0 Å². The third-order valence-corrected chi connectivity index (χ3v) is 0.737. The molecule has 0 fully saturated rings. The zero-order valence-corrected chi connectivity index (χ0v) is 6.44. The molecule has 55 valence electrons. The topological polar surface area (TPSA) is 18.5 Å². The van der Waals surface area contributed by atoms with Crippen molar-refractivity contribution in [2.24, 2.45) is 0 Å². The number of ether oxygens (including phenoxy) is 2. The summed E-state index contributed by atoms with van der Waals surface area (Å²) in [4.78, 5) is 0. The van der Waals surface area contributed by atoms with Crippen molar-refractivity contribution < 1.29 is 9.47 Å². The molecular weight excluding hydrogens is 116 g/mol. The van der Waals surface area contributed by atoms with Gasteiger partial charge < -0.3 is 9.47 Å². The minimum atomic E-state index is -0.324. The first-order valence-electron chi connectivity index (χ1n) is 3.13. The molecule has 0 aromatic carbocycles. The molecule has 0 spiro atoms. The number of rotatable bonds is 4. The van der Waals surface area contributed by atoms with Gasteiger partial charge in [-0.15, -0.1) is 0 Å². The van der Waals surface area contributed by atoms with Gasteiger partial charge in [0.15, 0.2) is 0 Å². The maximum Gasteiger partial charge on any atom is 0.147 e. The quantitative estimate of drug-likeness (QED) is 0.426. The second-order valence-electron chi connectivity index (χ2n) is 2.51. The van der Waals surface area contributed by atoms with Crippen molar-refractivity contribution in [1.82, 2.24) is 0 Å². The van der Waals surface area contributed by atoms with Crippen molar-refractivity contribution in [3.8, 4) is 0 Å². The zero-order chi connectivity index (χ0) is 7.33. The van der Waals surface area contributed by atoms with Gasteiger partial charge in [0.05, 0.1) is 5.60 Å². The second-order valence-corrected chi connectivity index (χ2v) is 2.51. The van der Waals surface area contributed by atoms with Gasteiger partial charge in [0.1, 0.15) is 6.79 Å². The van der Waals surface area contributed by atoms with Crippen LogP contribution in [0, 0.1) is 6.92 Å². The molecule has 0 amide bonds. The fourth-order valence-electron chi connectivity index (χ4n) is 0.285. The van der Waals surface area contributed by atoms with Crippen LogP contribution in [-0.2, 0) is 9.47 Å². The van der Waals surface area contributed by atoms with Crippen molar-refractivity contribution in [2.75, 3.05) is 13.4 Å². The van der Waals surface area contributed by atoms with E-state index in [1.54, 1.807) is 0 Å². The second kappa shape index (κ2) is 3.85. The van der Waals surface area contributed by atoms with Crippen LogP contribution in [-0.4, -0.2) is 19.0 Å². The zero-order valence-electron chi connectivity index (χ0n) is 6.44. The number of hydrogen-bond acceptors (Lipinski definition) is 2. The molecule has 0 unspecified atom stereocenters. The van der Waals surface area contributed by atoms with E-state index in [1.807, 2.05) is 20.8 Å². The number of hydrogen-bond donors (Lipinski definition) is 0. The summed E-state index contributed by atoms with van der Waals surface area (Å²) < 4.78 is 10.1. The maximum atomic E-state index is 5.14. The Hall–Kier alpha value is -0.0800. The first-order valence-corrected chi connectivity index (χ1v) is 3.13. The highest BCUT2D eigenvalue weighted by molar-refractivity contribution is 4.68. The molecule has 0 rings (SSSR count). The van der Waals surface area contributed by atoms with Crippen molar-refractivity contribution in [2.45, 2.75) is 26.4 Å². The summed E-state index contributed by atoms with van der Waals surface area (Å²) in [5.74, 6) is 0. The molecule has 0 bridgehead atoms. The molecule has 2 nitrogen and oxygen atoms in total. The molecule has 0 aliphatic rings. The maximum absolute atomic E-state index is 5.14. The molecule has 0 aliphatic heterocycles. The highest BCUT2D eigenvalue weighted by Crippen LogP contribution is 2.04. The van der Waals surface area contributed by atoms with E-state index in [9.17, 15) is 0 Å². The van der Waals surface area contributed by atoms with E-state index in [0.29, 0.717) is 13.4 Å². The largest absolute Gasteiger partial charge is 0.356 e. The van der Waals surface area contributed by atoms with Crippen LogP contribution in [0.25, 0.3) is 0 Å². The molecular formula is C7H15O2. The molecule has 1 radical (unpaired) electrons. The average Bonchev–Trinajstić information content (AvgIpc) is 1.63. The normalized spacial score (nSPS) is 12.0. The van der Waals surface area contributed by atoms with Crippen molar-refractivity contribution >= 4 is 0 Å². The van der Waals surface area contributed by atoms with Crippen molar-refractivity contribution in [1.29, 1.82) is 0 Å². The first-order chi connectivity index (χ1) is 4.06. The Morgan fingerprint density at radius 3 is 2.33 bits per heavy atom. The van der Waals surface area contributed by atoms with E-state index in [1.165, 1.54) is 0 Å². The molecule has 0 aromatic heterocycles. The highest BCUT2D eigenvalue weighted by atomic mass is 16.7. The standard InChI is InChI=1S/C7H15O2/c1-5-8-6-9-7(2,3)4/h2,5-6H2,1,3-4H3. The summed E-state index contributed by atoms with van der Waals surface area (Å²) in [5.41, 5.74) is -0.324. The third kappa shape index (κ3) is 7.92. The van der Waals surface area contributed by atoms with E-state index in [2.05, 4.69) is 6.92 Å². The fraction of sp³-hybridized carbons (Fsp3) is 0.857. The van der Waals surface area contributed by atoms with Gasteiger partial charge in [0.25, 0.3) is 0 Å². The highest BCUT2D eigenvalue weighted by Gasteiger charge is 2.08. The average molecular weight is 131 g/mol. The molecule has 0 heterocycles. The summed E-state index contributed by atoms with van der Waals surface area (Å²) in [6, 6.07) is 0. The van der Waals surface area contributed by atoms with E-state index in [0.717, 1.165) is 0 Å². The molecule has 0 N–H and O–H groups in total. The summed E-state index contributed by atoms with van der Waals surface area (Å²) in [6.07, 6.45) is 0. The van der Waals surface area contributed by atoms with Crippen LogP contribution >= 0.6 is 0 Å². The molecule has 0 aliphatic carbocycles. The lowest BCUT2D eigenvalue weighted by molar-refractivity contribution is -0.106. The Morgan fingerprint density at radius 1 is 1.44 bits per heavy atom. The van der Waals surface area contributed by atoms with E-state index >= 15 is 0 Å². The van der Waals surface area contributed by atoms with Gasteiger partial charge in [-0.2, -0.15) is 0 Å². The third-order valence-electron chi connectivity index (χ3n) is 0.737. The monoisotopic (exact) mass is 131 g/mol. The minimum Gasteiger partial charge on any atom is -0.356 e. The predicted molar refractivity (Wildman–Crippen MR) is 37.0 cm³/mol. The van der Waals surface area contributed by atoms with Crippen LogP contribution in [0.1, 0.15) is 20.8 Å². The van der Waals surface area contributed by atoms with Crippen LogP contribution in [0.5, 0.6) is 0 Å². The van der Waals surface area contributed by atoms with Gasteiger partial charge in [-0.05, 0) is 27.7 Å². The Morgan fingerprint density at radius 2 is 2.00 bits per heavy atom. The van der Waals surface area contributed by atoms with Gasteiger partial charge in [0.2, 0.25) is 0 Å². The lowest BCUT2D eigenvalue weighted by Crippen LogP contribution is -2.21. The Kier molecular flexibility index (Phi) is 3.82. The van der Waals surface area contributed by atoms with Crippen LogP contribution in [0.3, 0.4) is 0 Å². The van der Waals surface area contributed by atoms with E-state index in [4.69, 9.17) is 9.47 Å². The van der Waals surface area contributed by atoms with Crippen LogP contribution < -0.4 is 0 Å². The van der Waals surface area contributed by atoms with Crippen LogP contribution in [0.4, 0.5) is 0 Å². The first kappa shape index (κ1) is 8.92. The lowest BCUT2D eigenvalue weighted by atomic mass is 10.2. The van der Waals surface area contributed by atoms with Gasteiger partial charge in [0, 0.05) is 6.61 Å². The van der Waals surface area contributed by atoms with Crippen LogP contribution in [0.15, 0.2) is 0 Å². The smallest absolute Gasteiger partial charge is 0.147 e. The van der Waals surface area contributed by atoms with Gasteiger partial charge >= 0.3 is 0 Å². The summed E-state index contributed by atoms with van der Waals surface area (Å²) >= 11 is 0. The summed E-state index contributed by atoms with van der Waals surface area (Å²) in [5, 5.41) is 0.